The van der Waals surface area contributed by atoms with E-state index >= 15 is 0 Å². The number of carbonyl (C=O) groups is 1. The van der Waals surface area contributed by atoms with Crippen molar-refractivity contribution < 1.29 is 19.4 Å². The van der Waals surface area contributed by atoms with Crippen molar-refractivity contribution in [1.82, 2.24) is 5.32 Å². The van der Waals surface area contributed by atoms with Crippen molar-refractivity contribution in [3.8, 4) is 0 Å². The highest BCUT2D eigenvalue weighted by atomic mass is 16.7. The Bertz CT molecular complexity index is 404. The van der Waals surface area contributed by atoms with Crippen LogP contribution in [0.3, 0.4) is 0 Å². The molecular formula is C18H31NO4. The highest BCUT2D eigenvalue weighted by Gasteiger charge is 2.35. The Morgan fingerprint density at radius 3 is 2.78 bits per heavy atom. The zero-order chi connectivity index (χ0) is 16.7. The average molecular weight is 325 g/mol. The fourth-order valence-electron chi connectivity index (χ4n) is 3.54. The van der Waals surface area contributed by atoms with Crippen molar-refractivity contribution in [2.24, 2.45) is 11.8 Å². The first kappa shape index (κ1) is 18.3. The van der Waals surface area contributed by atoms with Gasteiger partial charge in [-0.25, -0.2) is 0 Å². The number of hydrogen-bond donors (Lipinski definition) is 2. The average Bonchev–Trinajstić information content (AvgIpc) is 2.55. The summed E-state index contributed by atoms with van der Waals surface area (Å²) in [6.07, 6.45) is 8.81. The zero-order valence-corrected chi connectivity index (χ0v) is 14.4. The molecule has 1 aliphatic carbocycles. The van der Waals surface area contributed by atoms with E-state index in [9.17, 15) is 4.79 Å². The number of hydrogen-bond acceptors (Lipinski definition) is 4. The van der Waals surface area contributed by atoms with E-state index in [4.69, 9.17) is 14.6 Å². The number of allylic oxidation sites excluding steroid dienone is 1. The van der Waals surface area contributed by atoms with Gasteiger partial charge >= 0.3 is 0 Å². The van der Waals surface area contributed by atoms with Crippen molar-refractivity contribution in [2.45, 2.75) is 71.1 Å². The molecule has 2 N–H and O–H groups in total. The second-order valence-corrected chi connectivity index (χ2v) is 6.67. The molecule has 23 heavy (non-hydrogen) atoms. The van der Waals surface area contributed by atoms with E-state index < -0.39 is 6.29 Å². The van der Waals surface area contributed by atoms with Gasteiger partial charge in [-0.2, -0.15) is 0 Å². The molecule has 1 aliphatic heterocycles. The van der Waals surface area contributed by atoms with Crippen LogP contribution in [-0.4, -0.2) is 36.6 Å². The molecule has 2 aliphatic rings. The molecule has 0 radical (unpaired) electrons. The summed E-state index contributed by atoms with van der Waals surface area (Å²) in [5, 5.41) is 12.2. The summed E-state index contributed by atoms with van der Waals surface area (Å²) in [4.78, 5) is 12.5. The van der Waals surface area contributed by atoms with Crippen LogP contribution < -0.4 is 5.32 Å². The molecule has 0 aromatic carbocycles. The van der Waals surface area contributed by atoms with Crippen molar-refractivity contribution in [3.05, 3.63) is 11.8 Å². The van der Waals surface area contributed by atoms with Gasteiger partial charge in [0, 0.05) is 25.2 Å². The van der Waals surface area contributed by atoms with Gasteiger partial charge in [-0.1, -0.05) is 26.2 Å². The van der Waals surface area contributed by atoms with E-state index in [-0.39, 0.29) is 30.4 Å². The third-order valence-corrected chi connectivity index (χ3v) is 4.87. The minimum Gasteiger partial charge on any atom is -0.459 e. The molecule has 1 fully saturated rings. The first-order chi connectivity index (χ1) is 11.2. The fraction of sp³-hybridized carbons (Fsp3) is 0.833. The second-order valence-electron chi connectivity index (χ2n) is 6.67. The molecule has 3 atom stereocenters. The highest BCUT2D eigenvalue weighted by molar-refractivity contribution is 5.91. The zero-order valence-electron chi connectivity index (χ0n) is 14.4. The number of amides is 1. The van der Waals surface area contributed by atoms with Crippen LogP contribution in [-0.2, 0) is 14.3 Å². The van der Waals surface area contributed by atoms with Crippen LogP contribution in [0.2, 0.25) is 0 Å². The summed E-state index contributed by atoms with van der Waals surface area (Å²) in [7, 11) is 0. The van der Waals surface area contributed by atoms with E-state index in [1.54, 1.807) is 0 Å². The van der Waals surface area contributed by atoms with Crippen LogP contribution >= 0.6 is 0 Å². The molecule has 1 saturated carbocycles. The Morgan fingerprint density at radius 2 is 2.13 bits per heavy atom. The van der Waals surface area contributed by atoms with Gasteiger partial charge in [-0.15, -0.1) is 0 Å². The van der Waals surface area contributed by atoms with Crippen LogP contribution in [0.15, 0.2) is 11.8 Å². The van der Waals surface area contributed by atoms with Gasteiger partial charge in [0.05, 0.1) is 0 Å². The number of carbonyl (C=O) groups excluding carboxylic acids is 1. The molecule has 0 bridgehead atoms. The first-order valence-corrected chi connectivity index (χ1v) is 9.07. The molecule has 132 valence electrons. The Morgan fingerprint density at radius 1 is 1.39 bits per heavy atom. The second kappa shape index (κ2) is 9.28. The molecule has 0 aromatic heterocycles. The van der Waals surface area contributed by atoms with Gasteiger partial charge in [-0.05, 0) is 44.6 Å². The van der Waals surface area contributed by atoms with E-state index in [2.05, 4.69) is 12.2 Å². The quantitative estimate of drug-likeness (QED) is 0.755. The lowest BCUT2D eigenvalue weighted by Gasteiger charge is -2.35. The predicted octanol–water partition coefficient (Wildman–Crippen LogP) is 2.74. The number of ether oxygens (including phenoxy) is 2. The van der Waals surface area contributed by atoms with Gasteiger partial charge in [0.2, 0.25) is 6.29 Å². The van der Waals surface area contributed by atoms with E-state index in [1.165, 1.54) is 19.3 Å². The maximum Gasteiger partial charge on any atom is 0.286 e. The third-order valence-electron chi connectivity index (χ3n) is 4.87. The molecule has 5 nitrogen and oxygen atoms in total. The number of nitrogens with one attached hydrogen (secondary N) is 1. The predicted molar refractivity (Wildman–Crippen MR) is 88.6 cm³/mol. The lowest BCUT2D eigenvalue weighted by atomic mass is 9.86. The van der Waals surface area contributed by atoms with Gasteiger partial charge in [0.1, 0.15) is 0 Å². The van der Waals surface area contributed by atoms with Gasteiger partial charge < -0.3 is 19.9 Å². The topological polar surface area (TPSA) is 67.8 Å². The summed E-state index contributed by atoms with van der Waals surface area (Å²) < 4.78 is 11.6. The normalized spacial score (nSPS) is 28.8. The Balaban J connectivity index is 1.98. The Hall–Kier alpha value is -1.07. The van der Waals surface area contributed by atoms with Gasteiger partial charge in [-0.3, -0.25) is 4.79 Å². The summed E-state index contributed by atoms with van der Waals surface area (Å²) in [5.41, 5.74) is 0. The van der Waals surface area contributed by atoms with Crippen LogP contribution in [0.5, 0.6) is 0 Å². The molecular weight excluding hydrogens is 294 g/mol. The maximum atomic E-state index is 12.5. The maximum absolute atomic E-state index is 12.5. The van der Waals surface area contributed by atoms with Crippen molar-refractivity contribution >= 4 is 5.91 Å². The van der Waals surface area contributed by atoms with Gasteiger partial charge in [0.25, 0.3) is 5.91 Å². The molecule has 2 rings (SSSR count). The van der Waals surface area contributed by atoms with Crippen molar-refractivity contribution in [1.29, 1.82) is 0 Å². The number of aliphatic hydroxyl groups excluding tert-OH is 1. The summed E-state index contributed by atoms with van der Waals surface area (Å²) in [5.74, 6) is 0.642. The standard InChI is InChI=1S/C18H31NO4/c1-3-22-18-15(10-7-11-20)13(2)12-16(23-18)17(21)19-14-8-5-4-6-9-14/h12-15,18,20H,3-11H2,1-2H3,(H,19,21)/t13-,15-,18+/m1/s1. The SMILES string of the molecule is CCO[C@H]1OC(C(=O)NC2CCCCC2)=C[C@@H](C)[C@H]1CCCO. The fourth-order valence-corrected chi connectivity index (χ4v) is 3.54. The molecule has 0 unspecified atom stereocenters. The van der Waals surface area contributed by atoms with Gasteiger partial charge in [0.15, 0.2) is 5.76 Å². The van der Waals surface area contributed by atoms with Crippen LogP contribution in [0.25, 0.3) is 0 Å². The molecule has 0 saturated heterocycles. The van der Waals surface area contributed by atoms with Crippen molar-refractivity contribution in [3.63, 3.8) is 0 Å². The van der Waals surface area contributed by atoms with Crippen LogP contribution in [0.4, 0.5) is 0 Å². The lowest BCUT2D eigenvalue weighted by molar-refractivity contribution is -0.171. The smallest absolute Gasteiger partial charge is 0.286 e. The molecule has 0 spiro atoms. The monoisotopic (exact) mass is 325 g/mol. The molecule has 5 heteroatoms. The number of aliphatic hydroxyl groups is 1. The first-order valence-electron chi connectivity index (χ1n) is 9.07. The summed E-state index contributed by atoms with van der Waals surface area (Å²) in [6, 6.07) is 0.272. The van der Waals surface area contributed by atoms with E-state index in [1.807, 2.05) is 13.0 Å². The highest BCUT2D eigenvalue weighted by Crippen LogP contribution is 2.32. The van der Waals surface area contributed by atoms with Crippen LogP contribution in [0.1, 0.15) is 58.8 Å². The minimum atomic E-state index is -0.404. The largest absolute Gasteiger partial charge is 0.459 e. The van der Waals surface area contributed by atoms with Crippen molar-refractivity contribution in [2.75, 3.05) is 13.2 Å². The minimum absolute atomic E-state index is 0.117. The Labute approximate surface area is 139 Å². The summed E-state index contributed by atoms with van der Waals surface area (Å²) in [6.45, 7) is 4.73. The van der Waals surface area contributed by atoms with E-state index in [0.29, 0.717) is 12.4 Å². The third kappa shape index (κ3) is 5.21. The molecule has 1 amide bonds. The summed E-state index contributed by atoms with van der Waals surface area (Å²) >= 11 is 0. The Kier molecular flexibility index (Phi) is 7.37. The number of rotatable bonds is 7. The lowest BCUT2D eigenvalue weighted by Crippen LogP contribution is -2.42. The molecule has 1 heterocycles. The van der Waals surface area contributed by atoms with Crippen LogP contribution in [0, 0.1) is 11.8 Å². The van der Waals surface area contributed by atoms with E-state index in [0.717, 1.165) is 25.7 Å². The molecule has 0 aromatic rings.